The Kier molecular flexibility index (Phi) is 2.60. The molecule has 0 fully saturated rings. The molecule has 0 spiro atoms. The molecule has 1 aromatic heterocycles. The lowest BCUT2D eigenvalue weighted by molar-refractivity contribution is 0.00689. The van der Waals surface area contributed by atoms with Gasteiger partial charge in [-0.1, -0.05) is 0 Å². The Morgan fingerprint density at radius 3 is 2.54 bits per heavy atom. The minimum absolute atomic E-state index is 0.373. The van der Waals surface area contributed by atoms with Gasteiger partial charge in [-0.3, -0.25) is 0 Å². The summed E-state index contributed by atoms with van der Waals surface area (Å²) in [5.41, 5.74) is -0.0506. The van der Waals surface area contributed by atoms with E-state index in [9.17, 15) is 4.79 Å². The molecule has 0 atom stereocenters. The third kappa shape index (κ3) is 3.19. The van der Waals surface area contributed by atoms with Crippen molar-refractivity contribution in [3.63, 3.8) is 0 Å². The average molecular weight is 180 g/mol. The second kappa shape index (κ2) is 3.51. The van der Waals surface area contributed by atoms with Crippen LogP contribution >= 0.6 is 0 Å². The van der Waals surface area contributed by atoms with Crippen molar-refractivity contribution in [2.45, 2.75) is 26.4 Å². The van der Waals surface area contributed by atoms with E-state index in [0.717, 1.165) is 0 Å². The number of nitrogens with zero attached hydrogens (tertiary/aromatic N) is 2. The normalized spacial score (nSPS) is 11.0. The van der Waals surface area contributed by atoms with Gasteiger partial charge in [-0.15, -0.1) is 0 Å². The Bertz CT molecular complexity index is 290. The second-order valence-corrected chi connectivity index (χ2v) is 3.63. The molecule has 0 saturated carbocycles. The van der Waals surface area contributed by atoms with E-state index < -0.39 is 5.60 Å². The van der Waals surface area contributed by atoms with E-state index in [1.807, 2.05) is 20.8 Å². The van der Waals surface area contributed by atoms with Gasteiger partial charge in [0.15, 0.2) is 0 Å². The van der Waals surface area contributed by atoms with E-state index in [1.165, 1.54) is 12.4 Å². The van der Waals surface area contributed by atoms with Gasteiger partial charge >= 0.3 is 5.97 Å². The van der Waals surface area contributed by atoms with Crippen LogP contribution in [0.4, 0.5) is 0 Å². The number of esters is 1. The summed E-state index contributed by atoms with van der Waals surface area (Å²) >= 11 is 0. The van der Waals surface area contributed by atoms with Crippen molar-refractivity contribution in [2.24, 2.45) is 0 Å². The molecule has 13 heavy (non-hydrogen) atoms. The van der Waals surface area contributed by atoms with Gasteiger partial charge in [0.05, 0.1) is 18.0 Å². The molecule has 0 aliphatic rings. The highest BCUT2D eigenvalue weighted by atomic mass is 16.6. The maximum atomic E-state index is 11.4. The van der Waals surface area contributed by atoms with Gasteiger partial charge in [0.1, 0.15) is 5.60 Å². The summed E-state index contributed by atoms with van der Waals surface area (Å²) in [5.74, 6) is -0.373. The zero-order valence-electron chi connectivity index (χ0n) is 7.94. The van der Waals surface area contributed by atoms with Gasteiger partial charge in [0.2, 0.25) is 0 Å². The molecule has 0 aliphatic carbocycles. The zero-order valence-corrected chi connectivity index (χ0v) is 7.94. The Labute approximate surface area is 76.9 Å². The molecule has 0 radical (unpaired) electrons. The maximum absolute atomic E-state index is 11.4. The zero-order chi connectivity index (χ0) is 9.90. The molecule has 0 aromatic carbocycles. The lowest BCUT2D eigenvalue weighted by Gasteiger charge is -2.19. The minimum Gasteiger partial charge on any atom is -0.456 e. The van der Waals surface area contributed by atoms with Crippen LogP contribution in [0.1, 0.15) is 31.1 Å². The van der Waals surface area contributed by atoms with Crippen molar-refractivity contribution in [3.05, 3.63) is 24.0 Å². The lowest BCUT2D eigenvalue weighted by atomic mass is 10.2. The van der Waals surface area contributed by atoms with Gasteiger partial charge in [0, 0.05) is 0 Å². The number of rotatable bonds is 1. The first kappa shape index (κ1) is 9.64. The first-order valence-electron chi connectivity index (χ1n) is 3.99. The maximum Gasteiger partial charge on any atom is 0.340 e. The summed E-state index contributed by atoms with van der Waals surface area (Å²) in [6.07, 6.45) is 2.84. The molecule has 1 heterocycles. The highest BCUT2D eigenvalue weighted by molar-refractivity contribution is 5.89. The Morgan fingerprint density at radius 1 is 1.38 bits per heavy atom. The van der Waals surface area contributed by atoms with Crippen molar-refractivity contribution >= 4 is 5.97 Å². The van der Waals surface area contributed by atoms with Gasteiger partial charge < -0.3 is 4.74 Å². The Morgan fingerprint density at radius 2 is 2.08 bits per heavy atom. The van der Waals surface area contributed by atoms with Crippen molar-refractivity contribution < 1.29 is 9.53 Å². The predicted molar refractivity (Wildman–Crippen MR) is 47.2 cm³/mol. The van der Waals surface area contributed by atoms with Crippen molar-refractivity contribution in [1.82, 2.24) is 10.2 Å². The molecule has 0 aliphatic heterocycles. The number of aromatic nitrogens is 2. The van der Waals surface area contributed by atoms with Crippen molar-refractivity contribution in [3.8, 4) is 0 Å². The van der Waals surface area contributed by atoms with Crippen molar-refractivity contribution in [1.29, 1.82) is 0 Å². The first-order chi connectivity index (χ1) is 5.99. The number of carbonyl (C=O) groups is 1. The van der Waals surface area contributed by atoms with E-state index >= 15 is 0 Å². The number of hydrogen-bond acceptors (Lipinski definition) is 4. The van der Waals surface area contributed by atoms with Crippen LogP contribution in [-0.2, 0) is 4.74 Å². The van der Waals surface area contributed by atoms with Crippen LogP contribution in [0.25, 0.3) is 0 Å². The molecule has 0 bridgehead atoms. The lowest BCUT2D eigenvalue weighted by Crippen LogP contribution is -2.23. The van der Waals surface area contributed by atoms with Crippen LogP contribution in [0, 0.1) is 0 Å². The average Bonchev–Trinajstić information content (AvgIpc) is 2.03. The van der Waals surface area contributed by atoms with E-state index in [4.69, 9.17) is 4.74 Å². The molecule has 1 rings (SSSR count). The van der Waals surface area contributed by atoms with E-state index in [2.05, 4.69) is 10.2 Å². The minimum atomic E-state index is -0.472. The summed E-state index contributed by atoms with van der Waals surface area (Å²) in [6, 6.07) is 1.57. The predicted octanol–water partition coefficient (Wildman–Crippen LogP) is 1.43. The van der Waals surface area contributed by atoms with Gasteiger partial charge in [0.25, 0.3) is 0 Å². The highest BCUT2D eigenvalue weighted by Gasteiger charge is 2.17. The number of ether oxygens (including phenoxy) is 1. The fourth-order valence-electron chi connectivity index (χ4n) is 0.748. The van der Waals surface area contributed by atoms with Crippen molar-refractivity contribution in [2.75, 3.05) is 0 Å². The third-order valence-electron chi connectivity index (χ3n) is 1.22. The molecule has 70 valence electrons. The van der Waals surface area contributed by atoms with E-state index in [1.54, 1.807) is 6.07 Å². The molecule has 0 unspecified atom stereocenters. The summed E-state index contributed by atoms with van der Waals surface area (Å²) < 4.78 is 5.12. The largest absolute Gasteiger partial charge is 0.456 e. The molecule has 1 aromatic rings. The fraction of sp³-hybridized carbons (Fsp3) is 0.444. The number of hydrogen-bond donors (Lipinski definition) is 0. The number of carbonyl (C=O) groups excluding carboxylic acids is 1. The molecule has 0 N–H and O–H groups in total. The van der Waals surface area contributed by atoms with Crippen LogP contribution in [0.15, 0.2) is 18.5 Å². The topological polar surface area (TPSA) is 52.1 Å². The molecular weight excluding hydrogens is 168 g/mol. The Hall–Kier alpha value is -1.45. The van der Waals surface area contributed by atoms with Crippen LogP contribution in [0.2, 0.25) is 0 Å². The van der Waals surface area contributed by atoms with Crippen LogP contribution < -0.4 is 0 Å². The molecule has 0 amide bonds. The quantitative estimate of drug-likeness (QED) is 0.613. The second-order valence-electron chi connectivity index (χ2n) is 3.63. The smallest absolute Gasteiger partial charge is 0.340 e. The van der Waals surface area contributed by atoms with Crippen LogP contribution in [-0.4, -0.2) is 21.8 Å². The summed E-state index contributed by atoms with van der Waals surface area (Å²) in [6.45, 7) is 5.46. The van der Waals surface area contributed by atoms with Gasteiger partial charge in [-0.05, 0) is 26.8 Å². The molecule has 4 nitrogen and oxygen atoms in total. The third-order valence-corrected chi connectivity index (χ3v) is 1.22. The first-order valence-corrected chi connectivity index (χ1v) is 3.99. The standard InChI is InChI=1S/C9H12N2O2/c1-9(2,3)13-8(12)7-4-5-10-11-6-7/h4-6H,1-3H3. The summed E-state index contributed by atoms with van der Waals surface area (Å²) in [5, 5.41) is 7.15. The van der Waals surface area contributed by atoms with E-state index in [-0.39, 0.29) is 5.97 Å². The fourth-order valence-corrected chi connectivity index (χ4v) is 0.748. The van der Waals surface area contributed by atoms with Crippen LogP contribution in [0.5, 0.6) is 0 Å². The molecule has 0 saturated heterocycles. The van der Waals surface area contributed by atoms with Crippen LogP contribution in [0.3, 0.4) is 0 Å². The van der Waals surface area contributed by atoms with Gasteiger partial charge in [-0.2, -0.15) is 10.2 Å². The van der Waals surface area contributed by atoms with E-state index in [0.29, 0.717) is 5.56 Å². The van der Waals surface area contributed by atoms with Gasteiger partial charge in [-0.25, -0.2) is 4.79 Å². The molecule has 4 heteroatoms. The molecular formula is C9H12N2O2. The Balaban J connectivity index is 2.71. The monoisotopic (exact) mass is 180 g/mol. The highest BCUT2D eigenvalue weighted by Crippen LogP contribution is 2.10. The summed E-state index contributed by atoms with van der Waals surface area (Å²) in [4.78, 5) is 11.4. The SMILES string of the molecule is CC(C)(C)OC(=O)c1ccnnc1. The summed E-state index contributed by atoms with van der Waals surface area (Å²) in [7, 11) is 0.